The Hall–Kier alpha value is -1.62. The maximum absolute atomic E-state index is 12.7. The van der Waals surface area contributed by atoms with Crippen molar-refractivity contribution in [1.29, 1.82) is 0 Å². The van der Waals surface area contributed by atoms with Gasteiger partial charge in [-0.05, 0) is 38.3 Å². The summed E-state index contributed by atoms with van der Waals surface area (Å²) in [6.07, 6.45) is 15.2. The van der Waals surface area contributed by atoms with Crippen molar-refractivity contribution >= 4 is 17.5 Å². The van der Waals surface area contributed by atoms with Crippen molar-refractivity contribution in [2.75, 3.05) is 12.3 Å². The zero-order valence-corrected chi connectivity index (χ0v) is 18.0. The first-order valence-corrected chi connectivity index (χ1v) is 10.7. The largest absolute Gasteiger partial charge is 0.293 e. The van der Waals surface area contributed by atoms with Crippen molar-refractivity contribution in [3.8, 4) is 0 Å². The molecule has 1 aliphatic heterocycles. The summed E-state index contributed by atoms with van der Waals surface area (Å²) in [5.74, 6) is 0.637. The Morgan fingerprint density at radius 1 is 1.11 bits per heavy atom. The van der Waals surface area contributed by atoms with E-state index >= 15 is 0 Å². The van der Waals surface area contributed by atoms with Crippen molar-refractivity contribution in [1.82, 2.24) is 10.9 Å². The van der Waals surface area contributed by atoms with Crippen LogP contribution in [-0.4, -0.2) is 23.5 Å². The summed E-state index contributed by atoms with van der Waals surface area (Å²) in [5.41, 5.74) is 10.7. The lowest BCUT2D eigenvalue weighted by Crippen LogP contribution is -2.39. The summed E-state index contributed by atoms with van der Waals surface area (Å²) in [7, 11) is 0. The number of hydrazine groups is 1. The van der Waals surface area contributed by atoms with E-state index in [9.17, 15) is 4.79 Å². The monoisotopic (exact) mass is 386 g/mol. The van der Waals surface area contributed by atoms with Crippen LogP contribution in [0.15, 0.2) is 48.6 Å². The van der Waals surface area contributed by atoms with Gasteiger partial charge < -0.3 is 0 Å². The second-order valence-electron chi connectivity index (χ2n) is 6.18. The SMILES string of the molecule is CC.Cc1cc(C)c(C(=O)CSC2/C=C/[CH]/C=C\C=C\CCNN2)c(C)c1.[H]. The number of allylic oxidation sites excluding steroid dienone is 4. The molecule has 0 bridgehead atoms. The maximum Gasteiger partial charge on any atom is 0.173 e. The highest BCUT2D eigenvalue weighted by atomic mass is 32.2. The maximum atomic E-state index is 12.7. The fourth-order valence-corrected chi connectivity index (χ4v) is 3.71. The molecule has 27 heavy (non-hydrogen) atoms. The molecule has 0 fully saturated rings. The lowest BCUT2D eigenvalue weighted by molar-refractivity contribution is 0.102. The molecule has 0 aromatic heterocycles. The van der Waals surface area contributed by atoms with Crippen LogP contribution in [0.5, 0.6) is 0 Å². The molecule has 148 valence electrons. The van der Waals surface area contributed by atoms with Gasteiger partial charge in [0.1, 0.15) is 0 Å². The summed E-state index contributed by atoms with van der Waals surface area (Å²) in [6.45, 7) is 10.9. The summed E-state index contributed by atoms with van der Waals surface area (Å²) >= 11 is 1.60. The molecule has 0 saturated carbocycles. The molecule has 0 amide bonds. The van der Waals surface area contributed by atoms with E-state index in [1.54, 1.807) is 11.8 Å². The van der Waals surface area contributed by atoms with Gasteiger partial charge >= 0.3 is 0 Å². The van der Waals surface area contributed by atoms with E-state index in [0.29, 0.717) is 5.75 Å². The van der Waals surface area contributed by atoms with Crippen LogP contribution >= 0.6 is 11.8 Å². The van der Waals surface area contributed by atoms with Crippen molar-refractivity contribution < 1.29 is 6.22 Å². The molecule has 1 heterocycles. The Morgan fingerprint density at radius 3 is 2.52 bits per heavy atom. The minimum atomic E-state index is 0. The first kappa shape index (κ1) is 23.4. The Labute approximate surface area is 170 Å². The smallest absolute Gasteiger partial charge is 0.173 e. The van der Waals surface area contributed by atoms with Crippen LogP contribution < -0.4 is 10.9 Å². The van der Waals surface area contributed by atoms with Crippen molar-refractivity contribution in [2.45, 2.75) is 46.4 Å². The summed E-state index contributed by atoms with van der Waals surface area (Å²) in [6, 6.07) is 4.16. The van der Waals surface area contributed by atoms with Gasteiger partial charge in [-0.3, -0.25) is 10.2 Å². The predicted molar refractivity (Wildman–Crippen MR) is 121 cm³/mol. The number of ketones is 1. The van der Waals surface area contributed by atoms with Gasteiger partial charge in [-0.25, -0.2) is 5.43 Å². The quantitative estimate of drug-likeness (QED) is 0.683. The van der Waals surface area contributed by atoms with Crippen molar-refractivity contribution in [3.05, 3.63) is 77.3 Å². The van der Waals surface area contributed by atoms with Crippen LogP contribution in [0.2, 0.25) is 0 Å². The lowest BCUT2D eigenvalue weighted by Gasteiger charge is -2.16. The first-order chi connectivity index (χ1) is 13.1. The zero-order chi connectivity index (χ0) is 20.1. The number of thioether (sulfide) groups is 1. The molecule has 0 aliphatic carbocycles. The van der Waals surface area contributed by atoms with Gasteiger partial charge in [-0.1, -0.05) is 68.0 Å². The standard InChI is InChI=1S/C21H27N2OS.C2H6.H/c1-16-13-17(2)21(18(3)14-16)19(24)15-25-20-11-9-7-5-4-6-8-10-12-22-23-20;1-2;/h4-9,11,13-14,20,22-23H,10,12,15H2,1-3H3;1-2H3;/b5-4-,8-6+,11-9+;;. The minimum absolute atomic E-state index is 0. The summed E-state index contributed by atoms with van der Waals surface area (Å²) in [5, 5.41) is 0.0445. The number of aryl methyl sites for hydroxylation is 3. The molecule has 1 aromatic carbocycles. The number of hydrogen-bond donors (Lipinski definition) is 2. The fraction of sp³-hybridized carbons (Fsp3) is 0.391. The van der Waals surface area contributed by atoms with Gasteiger partial charge in [0.05, 0.1) is 11.1 Å². The van der Waals surface area contributed by atoms with E-state index in [0.717, 1.165) is 29.7 Å². The third kappa shape index (κ3) is 8.74. The number of rotatable bonds is 4. The molecule has 2 radical (unpaired) electrons. The van der Waals surface area contributed by atoms with E-state index in [1.807, 2.05) is 58.4 Å². The molecule has 2 N–H and O–H groups in total. The van der Waals surface area contributed by atoms with Crippen LogP contribution in [0.3, 0.4) is 0 Å². The highest BCUT2D eigenvalue weighted by molar-refractivity contribution is 8.00. The highest BCUT2D eigenvalue weighted by Gasteiger charge is 2.15. The molecule has 0 spiro atoms. The summed E-state index contributed by atoms with van der Waals surface area (Å²) in [4.78, 5) is 12.7. The molecular formula is C23H34N2OS. The third-order valence-corrected chi connectivity index (χ3v) is 4.96. The number of benzene rings is 1. The van der Waals surface area contributed by atoms with Gasteiger partial charge in [0.2, 0.25) is 0 Å². The zero-order valence-electron chi connectivity index (χ0n) is 18.2. The van der Waals surface area contributed by atoms with E-state index in [-0.39, 0.29) is 12.6 Å². The molecule has 0 saturated heterocycles. The summed E-state index contributed by atoms with van der Waals surface area (Å²) < 4.78 is 0. The topological polar surface area (TPSA) is 41.1 Å². The van der Waals surface area contributed by atoms with Crippen LogP contribution in [0.4, 0.5) is 0 Å². The van der Waals surface area contributed by atoms with E-state index in [1.165, 1.54) is 5.56 Å². The molecule has 1 unspecified atom stereocenters. The Kier molecular flexibility index (Phi) is 11.7. The van der Waals surface area contributed by atoms with E-state index < -0.39 is 0 Å². The molecule has 2 rings (SSSR count). The number of carbonyl (C=O) groups is 1. The van der Waals surface area contributed by atoms with Crippen LogP contribution in [0.1, 0.15) is 48.7 Å². The van der Waals surface area contributed by atoms with Crippen molar-refractivity contribution in [2.24, 2.45) is 0 Å². The Bertz CT molecular complexity index is 660. The lowest BCUT2D eigenvalue weighted by atomic mass is 9.97. The Morgan fingerprint density at radius 2 is 1.81 bits per heavy atom. The van der Waals surface area contributed by atoms with Crippen LogP contribution in [0.25, 0.3) is 0 Å². The normalized spacial score (nSPS) is 21.0. The number of nitrogens with one attached hydrogen (secondary N) is 2. The second kappa shape index (κ2) is 13.5. The van der Waals surface area contributed by atoms with Crippen LogP contribution in [-0.2, 0) is 0 Å². The molecule has 1 aliphatic rings. The first-order valence-electron chi connectivity index (χ1n) is 9.62. The average Bonchev–Trinajstić information content (AvgIpc) is 2.62. The number of Topliss-reactive ketones (excluding diaryl/α,β-unsaturated/α-hetero) is 1. The van der Waals surface area contributed by atoms with Gasteiger partial charge in [0, 0.05) is 20.0 Å². The second-order valence-corrected chi connectivity index (χ2v) is 7.31. The molecule has 1 aromatic rings. The fourth-order valence-electron chi connectivity index (χ4n) is 2.86. The molecular weight excluding hydrogens is 352 g/mol. The van der Waals surface area contributed by atoms with Gasteiger partial charge in [0.15, 0.2) is 5.78 Å². The van der Waals surface area contributed by atoms with Gasteiger partial charge in [-0.2, -0.15) is 0 Å². The number of hydrogen-bond acceptors (Lipinski definition) is 4. The molecule has 1 atom stereocenters. The van der Waals surface area contributed by atoms with Gasteiger partial charge in [-0.15, -0.1) is 11.8 Å². The van der Waals surface area contributed by atoms with E-state index in [4.69, 9.17) is 0 Å². The molecule has 4 heteroatoms. The highest BCUT2D eigenvalue weighted by Crippen LogP contribution is 2.20. The molecule has 3 nitrogen and oxygen atoms in total. The minimum Gasteiger partial charge on any atom is -0.293 e. The van der Waals surface area contributed by atoms with E-state index in [2.05, 4.69) is 42.1 Å². The third-order valence-electron chi connectivity index (χ3n) is 3.90. The van der Waals surface area contributed by atoms with Gasteiger partial charge in [0.25, 0.3) is 0 Å². The predicted octanol–water partition coefficient (Wildman–Crippen LogP) is 5.36. The number of carbonyl (C=O) groups excluding carboxylic acids is 1. The Balaban J connectivity index is 0.00000235. The average molecular weight is 387 g/mol. The van der Waals surface area contributed by atoms with Crippen molar-refractivity contribution in [3.63, 3.8) is 0 Å². The van der Waals surface area contributed by atoms with Crippen LogP contribution in [0, 0.1) is 27.2 Å².